The van der Waals surface area contributed by atoms with Crippen molar-refractivity contribution < 1.29 is 0 Å². The molecule has 0 N–H and O–H groups in total. The average Bonchev–Trinajstić information content (AvgIpc) is 1.82. The van der Waals surface area contributed by atoms with Gasteiger partial charge in [-0.25, -0.2) is 0 Å². The first-order valence-electron chi connectivity index (χ1n) is 3.65. The molecular formula is C8H16Cl. The number of hydrogen-bond acceptors (Lipinski definition) is 0. The Morgan fingerprint density at radius 1 is 1.56 bits per heavy atom. The normalized spacial score (nSPS) is 14.3. The highest BCUT2D eigenvalue weighted by Gasteiger charge is 2.07. The summed E-state index contributed by atoms with van der Waals surface area (Å²) in [7, 11) is 0. The Bertz CT molecular complexity index is 59.6. The summed E-state index contributed by atoms with van der Waals surface area (Å²) in [5.74, 6) is 0.387. The van der Waals surface area contributed by atoms with Crippen LogP contribution in [0.4, 0.5) is 0 Å². The van der Waals surface area contributed by atoms with Crippen LogP contribution in [0, 0.1) is 12.8 Å². The fourth-order valence-electron chi connectivity index (χ4n) is 0.684. The van der Waals surface area contributed by atoms with E-state index in [4.69, 9.17) is 11.6 Å². The summed E-state index contributed by atoms with van der Waals surface area (Å²) in [5.41, 5.74) is 0. The smallest absolute Gasteiger partial charge is 0.0361 e. The Kier molecular flexibility index (Phi) is 5.27. The van der Waals surface area contributed by atoms with Crippen LogP contribution in [-0.2, 0) is 0 Å². The van der Waals surface area contributed by atoms with E-state index in [1.807, 2.05) is 0 Å². The first-order chi connectivity index (χ1) is 4.18. The summed E-state index contributed by atoms with van der Waals surface area (Å²) in [6, 6.07) is 0. The van der Waals surface area contributed by atoms with Gasteiger partial charge in [0.25, 0.3) is 0 Å². The van der Waals surface area contributed by atoms with Gasteiger partial charge in [-0.05, 0) is 19.3 Å². The predicted octanol–water partition coefficient (Wildman–Crippen LogP) is 3.25. The number of halogens is 1. The number of unbranched alkanes of at least 4 members (excludes halogenated alkanes) is 1. The molecule has 55 valence electrons. The maximum Gasteiger partial charge on any atom is 0.0361 e. The van der Waals surface area contributed by atoms with Crippen LogP contribution in [0.15, 0.2) is 0 Å². The highest BCUT2D eigenvalue weighted by Crippen LogP contribution is 2.15. The molecule has 0 saturated heterocycles. The quantitative estimate of drug-likeness (QED) is 0.536. The van der Waals surface area contributed by atoms with Crippen molar-refractivity contribution in [2.75, 3.05) is 0 Å². The van der Waals surface area contributed by atoms with Gasteiger partial charge in [-0.15, -0.1) is 11.6 Å². The van der Waals surface area contributed by atoms with Gasteiger partial charge in [-0.1, -0.05) is 26.7 Å². The monoisotopic (exact) mass is 147 g/mol. The van der Waals surface area contributed by atoms with Crippen LogP contribution in [0.2, 0.25) is 0 Å². The van der Waals surface area contributed by atoms with Gasteiger partial charge in [-0.3, -0.25) is 0 Å². The van der Waals surface area contributed by atoms with Gasteiger partial charge in [0.15, 0.2) is 0 Å². The Morgan fingerprint density at radius 3 is 2.44 bits per heavy atom. The van der Waals surface area contributed by atoms with Crippen LogP contribution in [0.25, 0.3) is 0 Å². The summed E-state index contributed by atoms with van der Waals surface area (Å²) in [4.78, 5) is 0. The molecule has 1 radical (unpaired) electrons. The predicted molar refractivity (Wildman–Crippen MR) is 43.7 cm³/mol. The second kappa shape index (κ2) is 5.10. The average molecular weight is 148 g/mol. The fourth-order valence-corrected chi connectivity index (χ4v) is 0.838. The fraction of sp³-hybridized carbons (Fsp3) is 0.875. The molecule has 2 atom stereocenters. The van der Waals surface area contributed by atoms with Crippen LogP contribution >= 0.6 is 11.6 Å². The molecule has 0 aromatic rings. The lowest BCUT2D eigenvalue weighted by Gasteiger charge is -2.11. The second-order valence-electron chi connectivity index (χ2n) is 2.64. The highest BCUT2D eigenvalue weighted by molar-refractivity contribution is 6.20. The third-order valence-corrected chi connectivity index (χ3v) is 2.10. The molecule has 1 heteroatoms. The van der Waals surface area contributed by atoms with Crippen LogP contribution in [0.3, 0.4) is 0 Å². The minimum atomic E-state index is 0.282. The lowest BCUT2D eigenvalue weighted by molar-refractivity contribution is 0.582. The molecule has 0 spiro atoms. The molecule has 0 aliphatic rings. The molecule has 0 bridgehead atoms. The lowest BCUT2D eigenvalue weighted by Crippen LogP contribution is -2.06. The van der Waals surface area contributed by atoms with Crippen LogP contribution in [0.5, 0.6) is 0 Å². The van der Waals surface area contributed by atoms with Crippen molar-refractivity contribution in [3.63, 3.8) is 0 Å². The van der Waals surface area contributed by atoms with E-state index in [-0.39, 0.29) is 5.38 Å². The Morgan fingerprint density at radius 2 is 2.11 bits per heavy atom. The van der Waals surface area contributed by atoms with Gasteiger partial charge in [-0.2, -0.15) is 0 Å². The molecular weight excluding hydrogens is 132 g/mol. The van der Waals surface area contributed by atoms with Gasteiger partial charge in [0.05, 0.1) is 0 Å². The lowest BCUT2D eigenvalue weighted by atomic mass is 10.1. The van der Waals surface area contributed by atoms with Crippen LogP contribution < -0.4 is 0 Å². The van der Waals surface area contributed by atoms with Crippen LogP contribution in [0.1, 0.15) is 33.1 Å². The van der Waals surface area contributed by atoms with E-state index in [9.17, 15) is 0 Å². The zero-order valence-corrected chi connectivity index (χ0v) is 7.12. The SMILES string of the molecule is [CH2]C(C)C(Cl)CCCC. The van der Waals surface area contributed by atoms with Crippen molar-refractivity contribution in [1.29, 1.82) is 0 Å². The molecule has 0 nitrogen and oxygen atoms in total. The molecule has 0 amide bonds. The highest BCUT2D eigenvalue weighted by atomic mass is 35.5. The summed E-state index contributed by atoms with van der Waals surface area (Å²) in [5, 5.41) is 0.282. The number of rotatable bonds is 4. The molecule has 0 aromatic heterocycles. The Labute approximate surface area is 63.6 Å². The summed E-state index contributed by atoms with van der Waals surface area (Å²) in [6.07, 6.45) is 3.58. The maximum atomic E-state index is 5.93. The van der Waals surface area contributed by atoms with E-state index < -0.39 is 0 Å². The second-order valence-corrected chi connectivity index (χ2v) is 3.20. The van der Waals surface area contributed by atoms with Gasteiger partial charge in [0.1, 0.15) is 0 Å². The van der Waals surface area contributed by atoms with Gasteiger partial charge >= 0.3 is 0 Å². The third kappa shape index (κ3) is 4.77. The van der Waals surface area contributed by atoms with E-state index in [0.717, 1.165) is 6.42 Å². The maximum absolute atomic E-state index is 5.93. The van der Waals surface area contributed by atoms with E-state index >= 15 is 0 Å². The van der Waals surface area contributed by atoms with Gasteiger partial charge in [0, 0.05) is 5.38 Å². The summed E-state index contributed by atoms with van der Waals surface area (Å²) < 4.78 is 0. The third-order valence-electron chi connectivity index (χ3n) is 1.45. The standard InChI is InChI=1S/C8H16Cl/c1-4-5-6-8(9)7(2)3/h7-8H,2,4-6H2,1,3H3. The van der Waals surface area contributed by atoms with Crippen molar-refractivity contribution in [3.05, 3.63) is 6.92 Å². The zero-order valence-electron chi connectivity index (χ0n) is 6.36. The molecule has 0 fully saturated rings. The number of alkyl halides is 1. The van der Waals surface area contributed by atoms with Gasteiger partial charge < -0.3 is 0 Å². The Balaban J connectivity index is 3.16. The molecule has 9 heavy (non-hydrogen) atoms. The first-order valence-corrected chi connectivity index (χ1v) is 4.09. The molecule has 0 heterocycles. The van der Waals surface area contributed by atoms with E-state index in [1.165, 1.54) is 12.8 Å². The summed E-state index contributed by atoms with van der Waals surface area (Å²) in [6.45, 7) is 8.10. The molecule has 0 rings (SSSR count). The Hall–Kier alpha value is 0.290. The molecule has 0 aliphatic heterocycles. The summed E-state index contributed by atoms with van der Waals surface area (Å²) >= 11 is 5.93. The zero-order chi connectivity index (χ0) is 7.28. The van der Waals surface area contributed by atoms with Crippen molar-refractivity contribution in [2.45, 2.75) is 38.5 Å². The van der Waals surface area contributed by atoms with Crippen molar-refractivity contribution in [3.8, 4) is 0 Å². The molecule has 2 unspecified atom stereocenters. The van der Waals surface area contributed by atoms with E-state index in [1.54, 1.807) is 0 Å². The molecule has 0 saturated carbocycles. The van der Waals surface area contributed by atoms with Crippen LogP contribution in [-0.4, -0.2) is 5.38 Å². The minimum Gasteiger partial charge on any atom is -0.123 e. The topological polar surface area (TPSA) is 0 Å². The molecule has 0 aliphatic carbocycles. The first kappa shape index (κ1) is 9.29. The molecule has 0 aromatic carbocycles. The van der Waals surface area contributed by atoms with E-state index in [0.29, 0.717) is 5.92 Å². The minimum absolute atomic E-state index is 0.282. The van der Waals surface area contributed by atoms with Crippen molar-refractivity contribution >= 4 is 11.6 Å². The van der Waals surface area contributed by atoms with Crippen molar-refractivity contribution in [2.24, 2.45) is 5.92 Å². The van der Waals surface area contributed by atoms with Crippen molar-refractivity contribution in [1.82, 2.24) is 0 Å². The largest absolute Gasteiger partial charge is 0.123 e. The number of hydrogen-bond donors (Lipinski definition) is 0. The van der Waals surface area contributed by atoms with Gasteiger partial charge in [0.2, 0.25) is 0 Å². The van der Waals surface area contributed by atoms with E-state index in [2.05, 4.69) is 20.8 Å².